The Hall–Kier alpha value is -1.07. The van der Waals surface area contributed by atoms with Crippen LogP contribution in [0.15, 0.2) is 18.2 Å². The van der Waals surface area contributed by atoms with Crippen molar-refractivity contribution in [3.05, 3.63) is 29.3 Å². The summed E-state index contributed by atoms with van der Waals surface area (Å²) in [6.07, 6.45) is 2.57. The second-order valence-corrected chi connectivity index (χ2v) is 7.65. The zero-order valence-corrected chi connectivity index (χ0v) is 13.8. The highest BCUT2D eigenvalue weighted by atomic mass is 32.2. The Kier molecular flexibility index (Phi) is 5.27. The van der Waals surface area contributed by atoms with Crippen LogP contribution in [0.3, 0.4) is 0 Å². The predicted octanol–water partition coefficient (Wildman–Crippen LogP) is 3.40. The van der Waals surface area contributed by atoms with Crippen LogP contribution in [0, 0.1) is 6.92 Å². The molecule has 4 nitrogen and oxygen atoms in total. The fraction of sp³-hybridized carbons (Fsp3) is 0.625. The van der Waals surface area contributed by atoms with Crippen LogP contribution in [0.4, 0.5) is 0 Å². The SMILES string of the molecule is Cc1cc(OS(=O)(=O)CC2CCCCO2)cc(C(C)C)c1. The summed E-state index contributed by atoms with van der Waals surface area (Å²) < 4.78 is 35.1. The van der Waals surface area contributed by atoms with E-state index in [1.54, 1.807) is 12.1 Å². The van der Waals surface area contributed by atoms with Crippen LogP contribution in [0.2, 0.25) is 0 Å². The van der Waals surface area contributed by atoms with E-state index in [9.17, 15) is 8.42 Å². The van der Waals surface area contributed by atoms with Crippen molar-refractivity contribution in [2.24, 2.45) is 0 Å². The van der Waals surface area contributed by atoms with Gasteiger partial charge in [0, 0.05) is 6.61 Å². The molecule has 0 amide bonds. The molecule has 1 heterocycles. The fourth-order valence-electron chi connectivity index (χ4n) is 2.51. The molecule has 1 fully saturated rings. The minimum absolute atomic E-state index is 0.0715. The van der Waals surface area contributed by atoms with Crippen molar-refractivity contribution < 1.29 is 17.3 Å². The summed E-state index contributed by atoms with van der Waals surface area (Å²) in [5, 5.41) is 0. The highest BCUT2D eigenvalue weighted by molar-refractivity contribution is 7.87. The molecule has 2 rings (SSSR count). The highest BCUT2D eigenvalue weighted by Gasteiger charge is 2.23. The predicted molar refractivity (Wildman–Crippen MR) is 83.3 cm³/mol. The Balaban J connectivity index is 2.08. The fourth-order valence-corrected chi connectivity index (χ4v) is 3.68. The van der Waals surface area contributed by atoms with Crippen LogP contribution in [0.1, 0.15) is 50.2 Å². The van der Waals surface area contributed by atoms with Crippen molar-refractivity contribution in [1.82, 2.24) is 0 Å². The lowest BCUT2D eigenvalue weighted by Crippen LogP contribution is -2.29. The minimum Gasteiger partial charge on any atom is -0.382 e. The van der Waals surface area contributed by atoms with Gasteiger partial charge in [-0.05, 0) is 55.4 Å². The van der Waals surface area contributed by atoms with Gasteiger partial charge in [-0.1, -0.05) is 19.9 Å². The van der Waals surface area contributed by atoms with Crippen molar-refractivity contribution in [3.63, 3.8) is 0 Å². The quantitative estimate of drug-likeness (QED) is 0.782. The van der Waals surface area contributed by atoms with Gasteiger partial charge >= 0.3 is 10.1 Å². The first-order valence-corrected chi connectivity index (χ1v) is 9.09. The highest BCUT2D eigenvalue weighted by Crippen LogP contribution is 2.24. The van der Waals surface area contributed by atoms with E-state index in [0.29, 0.717) is 18.3 Å². The number of hydrogen-bond donors (Lipinski definition) is 0. The molecular weight excluding hydrogens is 288 g/mol. The van der Waals surface area contributed by atoms with E-state index in [1.807, 2.05) is 13.0 Å². The van der Waals surface area contributed by atoms with Crippen molar-refractivity contribution >= 4 is 10.1 Å². The maximum absolute atomic E-state index is 12.2. The van der Waals surface area contributed by atoms with Crippen LogP contribution < -0.4 is 4.18 Å². The molecule has 0 bridgehead atoms. The van der Waals surface area contributed by atoms with Gasteiger partial charge in [0.1, 0.15) is 11.5 Å². The molecule has 1 unspecified atom stereocenters. The maximum Gasteiger partial charge on any atom is 0.311 e. The van der Waals surface area contributed by atoms with Crippen molar-refractivity contribution in [1.29, 1.82) is 0 Å². The lowest BCUT2D eigenvalue weighted by molar-refractivity contribution is 0.0298. The van der Waals surface area contributed by atoms with E-state index < -0.39 is 10.1 Å². The molecule has 1 atom stereocenters. The zero-order valence-electron chi connectivity index (χ0n) is 13.0. The first-order valence-electron chi connectivity index (χ1n) is 7.51. The van der Waals surface area contributed by atoms with Gasteiger partial charge in [-0.15, -0.1) is 0 Å². The lowest BCUT2D eigenvalue weighted by Gasteiger charge is -2.22. The van der Waals surface area contributed by atoms with Crippen LogP contribution >= 0.6 is 0 Å². The molecule has 0 saturated carbocycles. The van der Waals surface area contributed by atoms with Crippen molar-refractivity contribution in [2.75, 3.05) is 12.4 Å². The van der Waals surface area contributed by atoms with Gasteiger partial charge < -0.3 is 8.92 Å². The lowest BCUT2D eigenvalue weighted by atomic mass is 10.0. The first kappa shape index (κ1) is 16.3. The van der Waals surface area contributed by atoms with E-state index in [2.05, 4.69) is 13.8 Å². The standard InChI is InChI=1S/C16H24O4S/c1-12(2)14-8-13(3)9-16(10-14)20-21(17,18)11-15-6-4-5-7-19-15/h8-10,12,15H,4-7,11H2,1-3H3. The van der Waals surface area contributed by atoms with Gasteiger partial charge in [0.05, 0.1) is 6.10 Å². The molecule has 1 aliphatic rings. The molecule has 5 heteroatoms. The van der Waals surface area contributed by atoms with E-state index >= 15 is 0 Å². The number of aryl methyl sites for hydroxylation is 1. The molecule has 0 N–H and O–H groups in total. The average molecular weight is 312 g/mol. The summed E-state index contributed by atoms with van der Waals surface area (Å²) in [5.74, 6) is 0.656. The van der Waals surface area contributed by atoms with Gasteiger partial charge in [-0.2, -0.15) is 8.42 Å². The largest absolute Gasteiger partial charge is 0.382 e. The third-order valence-corrected chi connectivity index (χ3v) is 4.85. The maximum atomic E-state index is 12.2. The van der Waals surface area contributed by atoms with E-state index in [-0.39, 0.29) is 11.9 Å². The molecule has 0 spiro atoms. The number of ether oxygens (including phenoxy) is 1. The first-order chi connectivity index (χ1) is 9.85. The second kappa shape index (κ2) is 6.79. The van der Waals surface area contributed by atoms with E-state index in [1.165, 1.54) is 0 Å². The molecule has 0 radical (unpaired) electrons. The topological polar surface area (TPSA) is 52.6 Å². The van der Waals surface area contributed by atoms with Crippen LogP contribution in [-0.4, -0.2) is 26.9 Å². The van der Waals surface area contributed by atoms with Crippen molar-refractivity contribution in [2.45, 2.75) is 52.1 Å². The summed E-state index contributed by atoms with van der Waals surface area (Å²) in [4.78, 5) is 0. The Labute approximate surface area is 127 Å². The zero-order chi connectivity index (χ0) is 15.5. The Morgan fingerprint density at radius 3 is 2.67 bits per heavy atom. The molecule has 0 aliphatic carbocycles. The molecule has 118 valence electrons. The van der Waals surface area contributed by atoms with Gasteiger partial charge in [0.15, 0.2) is 0 Å². The number of hydrogen-bond acceptors (Lipinski definition) is 4. The molecule has 21 heavy (non-hydrogen) atoms. The molecule has 1 aromatic carbocycles. The summed E-state index contributed by atoms with van der Waals surface area (Å²) in [6, 6.07) is 5.61. The molecule has 1 aliphatic heterocycles. The summed E-state index contributed by atoms with van der Waals surface area (Å²) in [6.45, 7) is 6.73. The monoisotopic (exact) mass is 312 g/mol. The summed E-state index contributed by atoms with van der Waals surface area (Å²) in [5.41, 5.74) is 2.08. The number of rotatable bonds is 5. The molecule has 0 aromatic heterocycles. The normalized spacial score (nSPS) is 19.7. The second-order valence-electron chi connectivity index (χ2n) is 6.03. The van der Waals surface area contributed by atoms with E-state index in [4.69, 9.17) is 8.92 Å². The van der Waals surface area contributed by atoms with Crippen LogP contribution in [0.25, 0.3) is 0 Å². The van der Waals surface area contributed by atoms with Gasteiger partial charge in [0.2, 0.25) is 0 Å². The van der Waals surface area contributed by atoms with Crippen LogP contribution in [-0.2, 0) is 14.9 Å². The number of benzene rings is 1. The van der Waals surface area contributed by atoms with Gasteiger partial charge in [-0.25, -0.2) is 0 Å². The summed E-state index contributed by atoms with van der Waals surface area (Å²) in [7, 11) is -3.62. The third-order valence-electron chi connectivity index (χ3n) is 3.63. The van der Waals surface area contributed by atoms with Crippen LogP contribution in [0.5, 0.6) is 5.75 Å². The Morgan fingerprint density at radius 1 is 1.29 bits per heavy atom. The Morgan fingerprint density at radius 2 is 2.05 bits per heavy atom. The van der Waals surface area contributed by atoms with E-state index in [0.717, 1.165) is 30.4 Å². The van der Waals surface area contributed by atoms with Gasteiger partial charge in [0.25, 0.3) is 0 Å². The molecular formula is C16H24O4S. The minimum atomic E-state index is -3.62. The Bertz CT molecular complexity index is 572. The average Bonchev–Trinajstić information content (AvgIpc) is 2.37. The molecule has 1 aromatic rings. The third kappa shape index (κ3) is 5.00. The van der Waals surface area contributed by atoms with Crippen molar-refractivity contribution in [3.8, 4) is 5.75 Å². The van der Waals surface area contributed by atoms with Gasteiger partial charge in [-0.3, -0.25) is 0 Å². The molecule has 1 saturated heterocycles. The smallest absolute Gasteiger partial charge is 0.311 e. The summed E-state index contributed by atoms with van der Waals surface area (Å²) >= 11 is 0.